The Morgan fingerprint density at radius 1 is 1.24 bits per heavy atom. The highest BCUT2D eigenvalue weighted by molar-refractivity contribution is 9.09. The third-order valence-electron chi connectivity index (χ3n) is 4.31. The fraction of sp³-hybridized carbons (Fsp3) is 0.667. The number of alkyl halides is 1. The molecule has 118 valence electrons. The zero-order valence-corrected chi connectivity index (χ0v) is 14.6. The largest absolute Gasteiger partial charge is 0.353 e. The van der Waals surface area contributed by atoms with Crippen LogP contribution in [0.1, 0.15) is 51.0 Å². The van der Waals surface area contributed by atoms with Crippen LogP contribution in [0.4, 0.5) is 0 Å². The fourth-order valence-corrected chi connectivity index (χ4v) is 3.27. The molecule has 1 aliphatic heterocycles. The van der Waals surface area contributed by atoms with Gasteiger partial charge in [0.15, 0.2) is 6.29 Å². The summed E-state index contributed by atoms with van der Waals surface area (Å²) in [6.07, 6.45) is 6.99. The van der Waals surface area contributed by atoms with Crippen LogP contribution in [-0.2, 0) is 14.9 Å². The second kappa shape index (κ2) is 8.92. The van der Waals surface area contributed by atoms with Crippen molar-refractivity contribution in [2.24, 2.45) is 0 Å². The Bertz CT molecular complexity index is 389. The molecule has 0 amide bonds. The van der Waals surface area contributed by atoms with Crippen LogP contribution in [0.25, 0.3) is 0 Å². The molecule has 3 heteroatoms. The molecule has 0 unspecified atom stereocenters. The quantitative estimate of drug-likeness (QED) is 0.480. The molecule has 0 bridgehead atoms. The average molecular weight is 355 g/mol. The lowest BCUT2D eigenvalue weighted by molar-refractivity contribution is -0.171. The summed E-state index contributed by atoms with van der Waals surface area (Å²) in [5.74, 6) is 0. The average Bonchev–Trinajstić information content (AvgIpc) is 2.55. The zero-order valence-electron chi connectivity index (χ0n) is 13.0. The minimum absolute atomic E-state index is 0.00189. The molecule has 1 aromatic rings. The molecule has 0 radical (unpaired) electrons. The summed E-state index contributed by atoms with van der Waals surface area (Å²) in [6, 6.07) is 10.8. The number of rotatable bonds is 8. The van der Waals surface area contributed by atoms with Crippen LogP contribution >= 0.6 is 15.9 Å². The summed E-state index contributed by atoms with van der Waals surface area (Å²) in [6.45, 7) is 3.90. The molecule has 2 atom stereocenters. The lowest BCUT2D eigenvalue weighted by Gasteiger charge is -2.33. The molecule has 1 heterocycles. The van der Waals surface area contributed by atoms with E-state index in [4.69, 9.17) is 9.47 Å². The van der Waals surface area contributed by atoms with E-state index in [0.29, 0.717) is 0 Å². The van der Waals surface area contributed by atoms with Gasteiger partial charge in [-0.05, 0) is 37.7 Å². The van der Waals surface area contributed by atoms with E-state index in [1.165, 1.54) is 31.2 Å². The molecule has 2 rings (SSSR count). The molecule has 1 aliphatic rings. The summed E-state index contributed by atoms with van der Waals surface area (Å²) in [5, 5.41) is 1.07. The molecular formula is C18H27BrO2. The van der Waals surface area contributed by atoms with Gasteiger partial charge in [-0.25, -0.2) is 0 Å². The van der Waals surface area contributed by atoms with Crippen molar-refractivity contribution in [2.75, 3.05) is 18.5 Å². The first-order chi connectivity index (χ1) is 10.2. The van der Waals surface area contributed by atoms with Crippen molar-refractivity contribution >= 4 is 15.9 Å². The second-order valence-corrected chi connectivity index (χ2v) is 6.97. The molecule has 21 heavy (non-hydrogen) atoms. The topological polar surface area (TPSA) is 18.5 Å². The van der Waals surface area contributed by atoms with Crippen molar-refractivity contribution in [1.29, 1.82) is 0 Å². The van der Waals surface area contributed by atoms with Crippen LogP contribution in [0.5, 0.6) is 0 Å². The maximum Gasteiger partial charge on any atom is 0.157 e. The van der Waals surface area contributed by atoms with Gasteiger partial charge in [0.2, 0.25) is 0 Å². The Kier molecular flexibility index (Phi) is 7.21. The van der Waals surface area contributed by atoms with Crippen molar-refractivity contribution in [2.45, 2.75) is 57.2 Å². The monoisotopic (exact) mass is 354 g/mol. The minimum atomic E-state index is -0.00189. The maximum atomic E-state index is 6.10. The van der Waals surface area contributed by atoms with Crippen LogP contribution in [0.2, 0.25) is 0 Å². The first kappa shape index (κ1) is 17.0. The summed E-state index contributed by atoms with van der Waals surface area (Å²) in [7, 11) is 0. The third-order valence-corrected chi connectivity index (χ3v) is 4.87. The van der Waals surface area contributed by atoms with E-state index in [1.807, 2.05) is 0 Å². The molecule has 2 nitrogen and oxygen atoms in total. The van der Waals surface area contributed by atoms with Crippen molar-refractivity contribution in [3.63, 3.8) is 0 Å². The normalized spacial score (nSPS) is 21.9. The van der Waals surface area contributed by atoms with Gasteiger partial charge in [-0.1, -0.05) is 59.6 Å². The van der Waals surface area contributed by atoms with Crippen LogP contribution in [0, 0.1) is 0 Å². The summed E-state index contributed by atoms with van der Waals surface area (Å²) in [5.41, 5.74) is 1.44. The minimum Gasteiger partial charge on any atom is -0.353 e. The molecular weight excluding hydrogens is 328 g/mol. The van der Waals surface area contributed by atoms with Gasteiger partial charge in [-0.2, -0.15) is 0 Å². The predicted molar refractivity (Wildman–Crippen MR) is 91.0 cm³/mol. The Labute approximate surface area is 137 Å². The number of benzene rings is 1. The van der Waals surface area contributed by atoms with Gasteiger partial charge in [0.1, 0.15) is 0 Å². The lowest BCUT2D eigenvalue weighted by Crippen LogP contribution is -2.33. The van der Waals surface area contributed by atoms with Gasteiger partial charge in [-0.15, -0.1) is 0 Å². The molecule has 1 aromatic carbocycles. The maximum absolute atomic E-state index is 6.10. The predicted octanol–water partition coefficient (Wildman–Crippen LogP) is 5.05. The van der Waals surface area contributed by atoms with Gasteiger partial charge in [-0.3, -0.25) is 0 Å². The molecule has 0 aromatic heterocycles. The summed E-state index contributed by atoms with van der Waals surface area (Å²) >= 11 is 3.52. The van der Waals surface area contributed by atoms with E-state index in [-0.39, 0.29) is 11.7 Å². The molecule has 1 fully saturated rings. The van der Waals surface area contributed by atoms with Crippen LogP contribution in [0.3, 0.4) is 0 Å². The molecule has 0 spiro atoms. The second-order valence-electron chi connectivity index (χ2n) is 6.18. The third kappa shape index (κ3) is 5.39. The number of unbranched alkanes of at least 4 members (excludes halogenated alkanes) is 1. The number of hydrogen-bond donors (Lipinski definition) is 0. The van der Waals surface area contributed by atoms with Gasteiger partial charge in [0.25, 0.3) is 0 Å². The molecule has 0 aliphatic carbocycles. The van der Waals surface area contributed by atoms with Gasteiger partial charge >= 0.3 is 0 Å². The van der Waals surface area contributed by atoms with Crippen molar-refractivity contribution < 1.29 is 9.47 Å². The standard InChI is InChI=1S/C18H27BrO2/c1-18(12-6-7-13-19,16-9-3-2-4-10-16)15-21-17-11-5-8-14-20-17/h2-4,9-10,17H,5-8,11-15H2,1H3/t17-,18+/m0/s1. The van der Waals surface area contributed by atoms with E-state index in [2.05, 4.69) is 53.2 Å². The first-order valence-electron chi connectivity index (χ1n) is 8.09. The highest BCUT2D eigenvalue weighted by atomic mass is 79.9. The number of ether oxygens (including phenoxy) is 2. The molecule has 0 saturated carbocycles. The first-order valence-corrected chi connectivity index (χ1v) is 9.21. The summed E-state index contributed by atoms with van der Waals surface area (Å²) in [4.78, 5) is 0. The SMILES string of the molecule is C[C@@](CCCCBr)(CO[C@H]1CCCCO1)c1ccccc1. The van der Waals surface area contributed by atoms with Crippen LogP contribution in [-0.4, -0.2) is 24.8 Å². The van der Waals surface area contributed by atoms with Crippen molar-refractivity contribution in [1.82, 2.24) is 0 Å². The van der Waals surface area contributed by atoms with Crippen molar-refractivity contribution in [3.8, 4) is 0 Å². The fourth-order valence-electron chi connectivity index (χ4n) is 2.87. The highest BCUT2D eigenvalue weighted by Gasteiger charge is 2.28. The van der Waals surface area contributed by atoms with Gasteiger partial charge in [0, 0.05) is 17.4 Å². The molecule has 1 saturated heterocycles. The Hall–Kier alpha value is -0.380. The lowest BCUT2D eigenvalue weighted by atomic mass is 9.79. The Morgan fingerprint density at radius 2 is 2.05 bits per heavy atom. The van der Waals surface area contributed by atoms with E-state index < -0.39 is 0 Å². The van der Waals surface area contributed by atoms with E-state index in [9.17, 15) is 0 Å². The van der Waals surface area contributed by atoms with Crippen LogP contribution < -0.4 is 0 Å². The van der Waals surface area contributed by atoms with E-state index >= 15 is 0 Å². The smallest absolute Gasteiger partial charge is 0.157 e. The Morgan fingerprint density at radius 3 is 2.71 bits per heavy atom. The summed E-state index contributed by atoms with van der Waals surface area (Å²) < 4.78 is 11.8. The number of halogens is 1. The zero-order chi connectivity index (χ0) is 15.0. The van der Waals surface area contributed by atoms with E-state index in [1.54, 1.807) is 0 Å². The number of hydrogen-bond acceptors (Lipinski definition) is 2. The molecule has 0 N–H and O–H groups in total. The van der Waals surface area contributed by atoms with Gasteiger partial charge < -0.3 is 9.47 Å². The Balaban J connectivity index is 1.97. The van der Waals surface area contributed by atoms with Gasteiger partial charge in [0.05, 0.1) is 6.61 Å². The highest BCUT2D eigenvalue weighted by Crippen LogP contribution is 2.31. The van der Waals surface area contributed by atoms with E-state index in [0.717, 1.165) is 31.4 Å². The van der Waals surface area contributed by atoms with Crippen molar-refractivity contribution in [3.05, 3.63) is 35.9 Å². The van der Waals surface area contributed by atoms with Crippen LogP contribution in [0.15, 0.2) is 30.3 Å².